The van der Waals surface area contributed by atoms with Crippen LogP contribution in [0, 0.1) is 0 Å². The fraction of sp³-hybridized carbons (Fsp3) is 0.545. The molecular weight excluding hydrogens is 222 g/mol. The monoisotopic (exact) mass is 239 g/mol. The zero-order chi connectivity index (χ0) is 12.8. The second-order valence-corrected chi connectivity index (χ2v) is 3.68. The molecule has 0 spiro atoms. The molecule has 0 aliphatic carbocycles. The molecule has 6 nitrogen and oxygen atoms in total. The van der Waals surface area contributed by atoms with Gasteiger partial charge in [0.25, 0.3) is 0 Å². The third kappa shape index (κ3) is 3.30. The lowest BCUT2D eigenvalue weighted by molar-refractivity contribution is -0.140. The van der Waals surface area contributed by atoms with Crippen molar-refractivity contribution in [3.8, 4) is 0 Å². The van der Waals surface area contributed by atoms with Crippen molar-refractivity contribution in [3.05, 3.63) is 17.5 Å². The summed E-state index contributed by atoms with van der Waals surface area (Å²) < 4.78 is 1.77. The number of aryl methyl sites for hydroxylation is 2. The van der Waals surface area contributed by atoms with E-state index in [0.717, 1.165) is 17.8 Å². The number of aromatic nitrogens is 2. The highest BCUT2D eigenvalue weighted by Gasteiger charge is 2.19. The highest BCUT2D eigenvalue weighted by molar-refractivity contribution is 5.76. The van der Waals surface area contributed by atoms with Crippen LogP contribution in [0.1, 0.15) is 25.2 Å². The van der Waals surface area contributed by atoms with Gasteiger partial charge in [-0.3, -0.25) is 9.48 Å². The first-order valence-electron chi connectivity index (χ1n) is 5.60. The van der Waals surface area contributed by atoms with Crippen molar-refractivity contribution < 1.29 is 14.7 Å². The van der Waals surface area contributed by atoms with Gasteiger partial charge in [0, 0.05) is 18.7 Å². The molecule has 1 heterocycles. The lowest BCUT2D eigenvalue weighted by atomic mass is 10.1. The Bertz CT molecular complexity index is 401. The van der Waals surface area contributed by atoms with Crippen LogP contribution in [0.4, 0.5) is 0 Å². The van der Waals surface area contributed by atoms with Crippen LogP contribution in [-0.4, -0.2) is 33.3 Å². The van der Waals surface area contributed by atoms with Crippen LogP contribution in [0.25, 0.3) is 0 Å². The number of hydrogen-bond acceptors (Lipinski definition) is 3. The van der Waals surface area contributed by atoms with Crippen molar-refractivity contribution in [2.75, 3.05) is 0 Å². The third-order valence-corrected chi connectivity index (χ3v) is 2.56. The fourth-order valence-corrected chi connectivity index (χ4v) is 1.63. The fourth-order valence-electron chi connectivity index (χ4n) is 1.63. The van der Waals surface area contributed by atoms with Crippen molar-refractivity contribution in [2.45, 2.75) is 39.3 Å². The molecule has 0 saturated carbocycles. The molecule has 1 amide bonds. The zero-order valence-corrected chi connectivity index (χ0v) is 10.0. The van der Waals surface area contributed by atoms with Crippen molar-refractivity contribution in [3.63, 3.8) is 0 Å². The Labute approximate surface area is 99.6 Å². The number of carbonyl (C=O) groups is 2. The predicted octanol–water partition coefficient (Wildman–Crippen LogP) is 0.207. The van der Waals surface area contributed by atoms with Crippen molar-refractivity contribution >= 4 is 12.4 Å². The smallest absolute Gasteiger partial charge is 0.326 e. The Balaban J connectivity index is 2.87. The van der Waals surface area contributed by atoms with E-state index in [4.69, 9.17) is 5.11 Å². The Kier molecular flexibility index (Phi) is 4.68. The summed E-state index contributed by atoms with van der Waals surface area (Å²) in [7, 11) is 0. The molecule has 0 fully saturated rings. The molecule has 1 unspecified atom stereocenters. The van der Waals surface area contributed by atoms with Crippen LogP contribution in [-0.2, 0) is 29.0 Å². The van der Waals surface area contributed by atoms with E-state index in [-0.39, 0.29) is 6.42 Å². The van der Waals surface area contributed by atoms with Crippen LogP contribution in [0.2, 0.25) is 0 Å². The van der Waals surface area contributed by atoms with Crippen molar-refractivity contribution in [1.29, 1.82) is 0 Å². The number of carbonyl (C=O) groups excluding carboxylic acids is 1. The van der Waals surface area contributed by atoms with E-state index < -0.39 is 12.0 Å². The Morgan fingerprint density at radius 1 is 1.65 bits per heavy atom. The average Bonchev–Trinajstić information content (AvgIpc) is 2.70. The first kappa shape index (κ1) is 13.2. The summed E-state index contributed by atoms with van der Waals surface area (Å²) in [5.74, 6) is -1.04. The van der Waals surface area contributed by atoms with Crippen LogP contribution >= 0.6 is 0 Å². The van der Waals surface area contributed by atoms with Gasteiger partial charge < -0.3 is 10.4 Å². The number of carboxylic acids is 1. The number of nitrogens with zero attached hydrogens (tertiary/aromatic N) is 2. The average molecular weight is 239 g/mol. The molecule has 6 heteroatoms. The topological polar surface area (TPSA) is 84.2 Å². The summed E-state index contributed by atoms with van der Waals surface area (Å²) in [4.78, 5) is 21.2. The summed E-state index contributed by atoms with van der Waals surface area (Å²) in [5, 5.41) is 15.6. The minimum Gasteiger partial charge on any atom is -0.480 e. The summed E-state index contributed by atoms with van der Waals surface area (Å²) in [5.41, 5.74) is 1.75. The maximum absolute atomic E-state index is 10.9. The Morgan fingerprint density at radius 2 is 2.35 bits per heavy atom. The summed E-state index contributed by atoms with van der Waals surface area (Å²) in [6.45, 7) is 4.62. The zero-order valence-electron chi connectivity index (χ0n) is 10.0. The van der Waals surface area contributed by atoms with E-state index in [1.807, 2.05) is 19.9 Å². The first-order valence-corrected chi connectivity index (χ1v) is 5.60. The molecule has 0 saturated heterocycles. The Morgan fingerprint density at radius 3 is 2.82 bits per heavy atom. The molecule has 1 atom stereocenters. The van der Waals surface area contributed by atoms with E-state index in [9.17, 15) is 9.59 Å². The van der Waals surface area contributed by atoms with Crippen LogP contribution in [0.15, 0.2) is 6.07 Å². The molecule has 0 radical (unpaired) electrons. The van der Waals surface area contributed by atoms with Crippen LogP contribution < -0.4 is 5.32 Å². The summed E-state index contributed by atoms with van der Waals surface area (Å²) in [6.07, 6.45) is 1.46. The van der Waals surface area contributed by atoms with Gasteiger partial charge in [0.2, 0.25) is 6.41 Å². The van der Waals surface area contributed by atoms with Gasteiger partial charge >= 0.3 is 5.97 Å². The van der Waals surface area contributed by atoms with Gasteiger partial charge in [0.05, 0.1) is 5.69 Å². The summed E-state index contributed by atoms with van der Waals surface area (Å²) >= 11 is 0. The molecule has 0 aliphatic rings. The molecule has 1 aromatic rings. The van der Waals surface area contributed by atoms with Crippen molar-refractivity contribution in [2.24, 2.45) is 0 Å². The van der Waals surface area contributed by atoms with Gasteiger partial charge in [0.15, 0.2) is 0 Å². The molecule has 0 aliphatic heterocycles. The highest BCUT2D eigenvalue weighted by Crippen LogP contribution is 2.08. The first-order chi connectivity index (χ1) is 8.12. The van der Waals surface area contributed by atoms with Gasteiger partial charge in [-0.1, -0.05) is 6.92 Å². The van der Waals surface area contributed by atoms with E-state index in [2.05, 4.69) is 10.4 Å². The Hall–Kier alpha value is -1.85. The quantitative estimate of drug-likeness (QED) is 0.666. The van der Waals surface area contributed by atoms with Gasteiger partial charge in [-0.25, -0.2) is 4.79 Å². The molecule has 1 rings (SSSR count). The molecular formula is C11H17N3O3. The van der Waals surface area contributed by atoms with Gasteiger partial charge in [-0.15, -0.1) is 0 Å². The number of rotatable bonds is 7. The lowest BCUT2D eigenvalue weighted by Gasteiger charge is -2.11. The SMILES string of the molecule is CCc1cc(CC(NC=O)C(=O)O)n(CC)n1. The number of nitrogens with one attached hydrogen (secondary N) is 1. The predicted molar refractivity (Wildman–Crippen MR) is 61.6 cm³/mol. The molecule has 0 bridgehead atoms. The third-order valence-electron chi connectivity index (χ3n) is 2.56. The minimum atomic E-state index is -1.04. The molecule has 2 N–H and O–H groups in total. The molecule has 17 heavy (non-hydrogen) atoms. The minimum absolute atomic E-state index is 0.245. The largest absolute Gasteiger partial charge is 0.480 e. The van der Waals surface area contributed by atoms with E-state index in [1.54, 1.807) is 4.68 Å². The number of carboxylic acid groups (broad SMARTS) is 1. The van der Waals surface area contributed by atoms with E-state index >= 15 is 0 Å². The van der Waals surface area contributed by atoms with Crippen molar-refractivity contribution in [1.82, 2.24) is 15.1 Å². The second-order valence-electron chi connectivity index (χ2n) is 3.68. The van der Waals surface area contributed by atoms with Gasteiger partial charge in [0.1, 0.15) is 6.04 Å². The van der Waals surface area contributed by atoms with Gasteiger partial charge in [-0.05, 0) is 19.4 Å². The highest BCUT2D eigenvalue weighted by atomic mass is 16.4. The number of aliphatic carboxylic acids is 1. The molecule has 0 aromatic carbocycles. The lowest BCUT2D eigenvalue weighted by Crippen LogP contribution is -2.38. The normalized spacial score (nSPS) is 12.1. The molecule has 1 aromatic heterocycles. The van der Waals surface area contributed by atoms with Crippen LogP contribution in [0.5, 0.6) is 0 Å². The molecule has 94 valence electrons. The van der Waals surface area contributed by atoms with E-state index in [0.29, 0.717) is 13.0 Å². The maximum atomic E-state index is 10.9. The van der Waals surface area contributed by atoms with E-state index in [1.165, 1.54) is 0 Å². The standard InChI is InChI=1S/C11H17N3O3/c1-3-8-5-9(14(4-2)13-8)6-10(11(16)17)12-7-15/h5,7,10H,3-4,6H2,1-2H3,(H,12,15)(H,16,17). The number of hydrogen-bond donors (Lipinski definition) is 2. The number of amides is 1. The second kappa shape index (κ2) is 6.03. The maximum Gasteiger partial charge on any atom is 0.326 e. The van der Waals surface area contributed by atoms with Gasteiger partial charge in [-0.2, -0.15) is 5.10 Å². The van der Waals surface area contributed by atoms with Crippen LogP contribution in [0.3, 0.4) is 0 Å². The summed E-state index contributed by atoms with van der Waals surface area (Å²) in [6, 6.07) is 0.977.